The molecule has 0 atom stereocenters. The lowest BCUT2D eigenvalue weighted by molar-refractivity contribution is -0.116. The van der Waals surface area contributed by atoms with Gasteiger partial charge in [0, 0.05) is 29.1 Å². The van der Waals surface area contributed by atoms with Crippen molar-refractivity contribution in [3.63, 3.8) is 0 Å². The number of carbonyl (C=O) groups is 2. The lowest BCUT2D eigenvalue weighted by atomic mass is 10.2. The van der Waals surface area contributed by atoms with Crippen LogP contribution >= 0.6 is 11.6 Å². The summed E-state index contributed by atoms with van der Waals surface area (Å²) in [6.07, 6.45) is 0.495. The van der Waals surface area contributed by atoms with Crippen LogP contribution in [0.25, 0.3) is 11.5 Å². The van der Waals surface area contributed by atoms with Crippen molar-refractivity contribution in [2.45, 2.75) is 19.8 Å². The van der Waals surface area contributed by atoms with Gasteiger partial charge in [0.1, 0.15) is 0 Å². The molecule has 3 aromatic rings. The van der Waals surface area contributed by atoms with E-state index in [9.17, 15) is 9.59 Å². The fourth-order valence-electron chi connectivity index (χ4n) is 2.41. The molecule has 0 aliphatic carbocycles. The number of ether oxygens (including phenoxy) is 1. The van der Waals surface area contributed by atoms with Crippen LogP contribution in [0, 0.1) is 0 Å². The monoisotopic (exact) mass is 399 g/mol. The van der Waals surface area contributed by atoms with E-state index in [4.69, 9.17) is 20.8 Å². The quantitative estimate of drug-likeness (QED) is 0.600. The van der Waals surface area contributed by atoms with Crippen LogP contribution < -0.4 is 5.32 Å². The first-order chi connectivity index (χ1) is 13.5. The first kappa shape index (κ1) is 19.6. The molecule has 8 heteroatoms. The van der Waals surface area contributed by atoms with E-state index in [1.165, 1.54) is 0 Å². The number of halogens is 1. The Morgan fingerprint density at radius 2 is 1.79 bits per heavy atom. The Kier molecular flexibility index (Phi) is 6.39. The van der Waals surface area contributed by atoms with Crippen LogP contribution in [0.1, 0.15) is 29.6 Å². The SMILES string of the molecule is CCOC(=O)c1ccc(NC(=O)CCc2nnc(-c3ccc(Cl)cc3)o2)cc1. The molecular formula is C20H18ClN3O4. The van der Waals surface area contributed by atoms with Gasteiger partial charge in [-0.1, -0.05) is 11.6 Å². The van der Waals surface area contributed by atoms with Gasteiger partial charge >= 0.3 is 5.97 Å². The van der Waals surface area contributed by atoms with Crippen LogP contribution in [-0.2, 0) is 16.0 Å². The minimum absolute atomic E-state index is 0.182. The molecule has 3 rings (SSSR count). The molecule has 1 heterocycles. The van der Waals surface area contributed by atoms with E-state index < -0.39 is 5.97 Å². The molecule has 0 fully saturated rings. The van der Waals surface area contributed by atoms with Gasteiger partial charge in [0.05, 0.1) is 12.2 Å². The van der Waals surface area contributed by atoms with Crippen LogP contribution in [-0.4, -0.2) is 28.7 Å². The molecule has 0 bridgehead atoms. The summed E-state index contributed by atoms with van der Waals surface area (Å²) in [6.45, 7) is 2.06. The van der Waals surface area contributed by atoms with Gasteiger partial charge < -0.3 is 14.5 Å². The highest BCUT2D eigenvalue weighted by Gasteiger charge is 2.11. The zero-order valence-electron chi connectivity index (χ0n) is 15.1. The molecule has 0 radical (unpaired) electrons. The van der Waals surface area contributed by atoms with Crippen molar-refractivity contribution in [2.24, 2.45) is 0 Å². The fourth-order valence-corrected chi connectivity index (χ4v) is 2.54. The van der Waals surface area contributed by atoms with E-state index in [1.54, 1.807) is 55.5 Å². The third-order valence-corrected chi connectivity index (χ3v) is 4.06. The number of hydrogen-bond acceptors (Lipinski definition) is 6. The van der Waals surface area contributed by atoms with E-state index in [1.807, 2.05) is 0 Å². The summed E-state index contributed by atoms with van der Waals surface area (Å²) in [6, 6.07) is 13.5. The maximum atomic E-state index is 12.1. The number of anilines is 1. The predicted molar refractivity (Wildman–Crippen MR) is 104 cm³/mol. The third-order valence-electron chi connectivity index (χ3n) is 3.80. The topological polar surface area (TPSA) is 94.3 Å². The third kappa shape index (κ3) is 5.17. The first-order valence-electron chi connectivity index (χ1n) is 8.70. The Morgan fingerprint density at radius 1 is 1.07 bits per heavy atom. The maximum Gasteiger partial charge on any atom is 0.338 e. The molecule has 0 spiro atoms. The Bertz CT molecular complexity index is 952. The van der Waals surface area contributed by atoms with E-state index in [2.05, 4.69) is 15.5 Å². The van der Waals surface area contributed by atoms with Gasteiger partial charge in [-0.2, -0.15) is 0 Å². The molecule has 2 aromatic carbocycles. The average Bonchev–Trinajstić information content (AvgIpc) is 3.17. The van der Waals surface area contributed by atoms with Crippen molar-refractivity contribution in [3.8, 4) is 11.5 Å². The second kappa shape index (κ2) is 9.14. The summed E-state index contributed by atoms with van der Waals surface area (Å²) in [5.41, 5.74) is 1.78. The van der Waals surface area contributed by atoms with Gasteiger partial charge in [0.25, 0.3) is 0 Å². The number of aryl methyl sites for hydroxylation is 1. The van der Waals surface area contributed by atoms with Crippen LogP contribution in [0.5, 0.6) is 0 Å². The summed E-state index contributed by atoms with van der Waals surface area (Å²) in [7, 11) is 0. The molecule has 1 N–H and O–H groups in total. The molecule has 144 valence electrons. The van der Waals surface area contributed by atoms with Gasteiger partial charge in [0.2, 0.25) is 17.7 Å². The summed E-state index contributed by atoms with van der Waals surface area (Å²) in [4.78, 5) is 23.7. The second-order valence-corrected chi connectivity index (χ2v) is 6.29. The van der Waals surface area contributed by atoms with Crippen molar-refractivity contribution in [3.05, 3.63) is 65.0 Å². The van der Waals surface area contributed by atoms with Crippen LogP contribution in [0.4, 0.5) is 5.69 Å². The zero-order valence-corrected chi connectivity index (χ0v) is 15.9. The summed E-state index contributed by atoms with van der Waals surface area (Å²) >= 11 is 5.86. The number of nitrogens with one attached hydrogen (secondary N) is 1. The normalized spacial score (nSPS) is 10.5. The molecule has 1 aromatic heterocycles. The maximum absolute atomic E-state index is 12.1. The number of hydrogen-bond donors (Lipinski definition) is 1. The van der Waals surface area contributed by atoms with Crippen molar-refractivity contribution >= 4 is 29.2 Å². The highest BCUT2D eigenvalue weighted by molar-refractivity contribution is 6.30. The van der Waals surface area contributed by atoms with Crippen molar-refractivity contribution in [1.82, 2.24) is 10.2 Å². The molecule has 1 amide bonds. The summed E-state index contributed by atoms with van der Waals surface area (Å²) in [5, 5.41) is 11.3. The molecule has 0 saturated heterocycles. The molecule has 0 unspecified atom stereocenters. The summed E-state index contributed by atoms with van der Waals surface area (Å²) in [5.74, 6) is 0.155. The number of carbonyl (C=O) groups excluding carboxylic acids is 2. The lowest BCUT2D eigenvalue weighted by Crippen LogP contribution is -2.12. The van der Waals surface area contributed by atoms with Crippen LogP contribution in [0.15, 0.2) is 52.9 Å². The van der Waals surface area contributed by atoms with Gasteiger partial charge in [-0.3, -0.25) is 4.79 Å². The van der Waals surface area contributed by atoms with Crippen LogP contribution in [0.3, 0.4) is 0 Å². The number of rotatable bonds is 7. The van der Waals surface area contributed by atoms with E-state index in [0.29, 0.717) is 41.1 Å². The minimum atomic E-state index is -0.395. The van der Waals surface area contributed by atoms with Crippen LogP contribution in [0.2, 0.25) is 5.02 Å². The van der Waals surface area contributed by atoms with Gasteiger partial charge in [-0.15, -0.1) is 10.2 Å². The van der Waals surface area contributed by atoms with E-state index >= 15 is 0 Å². The summed E-state index contributed by atoms with van der Waals surface area (Å²) < 4.78 is 10.5. The first-order valence-corrected chi connectivity index (χ1v) is 9.08. The van der Waals surface area contributed by atoms with Gasteiger partial charge in [-0.05, 0) is 55.5 Å². The molecule has 0 aliphatic heterocycles. The van der Waals surface area contributed by atoms with Crippen molar-refractivity contribution in [2.75, 3.05) is 11.9 Å². The molecular weight excluding hydrogens is 382 g/mol. The highest BCUT2D eigenvalue weighted by Crippen LogP contribution is 2.20. The number of amides is 1. The number of aromatic nitrogens is 2. The predicted octanol–water partition coefficient (Wildman–Crippen LogP) is 4.14. The van der Waals surface area contributed by atoms with Crippen molar-refractivity contribution in [1.29, 1.82) is 0 Å². The molecule has 0 saturated carbocycles. The van der Waals surface area contributed by atoms with E-state index in [-0.39, 0.29) is 12.3 Å². The van der Waals surface area contributed by atoms with Crippen molar-refractivity contribution < 1.29 is 18.7 Å². The fraction of sp³-hybridized carbons (Fsp3) is 0.200. The molecule has 28 heavy (non-hydrogen) atoms. The zero-order chi connectivity index (χ0) is 19.9. The lowest BCUT2D eigenvalue weighted by Gasteiger charge is -2.06. The Hall–Kier alpha value is -3.19. The smallest absolute Gasteiger partial charge is 0.338 e. The Morgan fingerprint density at radius 3 is 2.46 bits per heavy atom. The number of benzene rings is 2. The highest BCUT2D eigenvalue weighted by atomic mass is 35.5. The molecule has 0 aliphatic rings. The average molecular weight is 400 g/mol. The van der Waals surface area contributed by atoms with Gasteiger partial charge in [-0.25, -0.2) is 4.79 Å². The van der Waals surface area contributed by atoms with Gasteiger partial charge in [0.15, 0.2) is 0 Å². The minimum Gasteiger partial charge on any atom is -0.462 e. The molecule has 7 nitrogen and oxygen atoms in total. The second-order valence-electron chi connectivity index (χ2n) is 5.85. The standard InChI is InChI=1S/C20H18ClN3O4/c1-2-27-20(26)14-5-9-16(10-6-14)22-17(25)11-12-18-23-24-19(28-18)13-3-7-15(21)8-4-13/h3-10H,2,11-12H2,1H3,(H,22,25). The number of nitrogens with zero attached hydrogens (tertiary/aromatic N) is 2. The number of esters is 1. The van der Waals surface area contributed by atoms with E-state index in [0.717, 1.165) is 5.56 Å². The largest absolute Gasteiger partial charge is 0.462 e. The Balaban J connectivity index is 1.52. The Labute approximate surface area is 166 Å².